The maximum atomic E-state index is 11.9. The highest BCUT2D eigenvalue weighted by atomic mass is 35.5. The Hall–Kier alpha value is -1.42. The van der Waals surface area contributed by atoms with Crippen LogP contribution in [0.3, 0.4) is 0 Å². The third-order valence-corrected chi connectivity index (χ3v) is 4.37. The van der Waals surface area contributed by atoms with E-state index in [-0.39, 0.29) is 0 Å². The minimum atomic E-state index is -0.429. The molecule has 1 fully saturated rings. The van der Waals surface area contributed by atoms with E-state index in [1.54, 1.807) is 12.1 Å². The Morgan fingerprint density at radius 1 is 1.48 bits per heavy atom. The Labute approximate surface area is 131 Å². The summed E-state index contributed by atoms with van der Waals surface area (Å²) in [5.41, 5.74) is 7.56. The molecule has 0 saturated heterocycles. The summed E-state index contributed by atoms with van der Waals surface area (Å²) >= 11 is 6.28. The van der Waals surface area contributed by atoms with Gasteiger partial charge in [0, 0.05) is 11.7 Å². The zero-order valence-electron chi connectivity index (χ0n) is 12.8. The number of benzene rings is 1. The molecule has 3 N–H and O–H groups in total. The number of anilines is 2. The van der Waals surface area contributed by atoms with E-state index in [0.29, 0.717) is 33.4 Å². The van der Waals surface area contributed by atoms with Crippen molar-refractivity contribution in [2.45, 2.75) is 45.6 Å². The number of hydrogen-bond acceptors (Lipinski definition) is 4. The van der Waals surface area contributed by atoms with Crippen molar-refractivity contribution in [1.29, 1.82) is 0 Å². The lowest BCUT2D eigenvalue weighted by atomic mass is 9.75. The fourth-order valence-electron chi connectivity index (χ4n) is 3.07. The standard InChI is InChI=1S/C16H23ClN2O2/c1-16(2)6-4-5-11(9-16)19-14-12(15(20)21-3)7-10(18)8-13(14)17/h7-8,11,19H,4-6,9,18H2,1-3H3. The first-order valence-electron chi connectivity index (χ1n) is 7.26. The topological polar surface area (TPSA) is 64.3 Å². The number of nitrogens with one attached hydrogen (secondary N) is 1. The molecule has 5 heteroatoms. The van der Waals surface area contributed by atoms with Gasteiger partial charge in [0.25, 0.3) is 0 Å². The van der Waals surface area contributed by atoms with E-state index in [1.165, 1.54) is 20.0 Å². The van der Waals surface area contributed by atoms with Crippen molar-refractivity contribution in [1.82, 2.24) is 0 Å². The Kier molecular flexibility index (Phi) is 4.67. The highest BCUT2D eigenvalue weighted by Crippen LogP contribution is 2.38. The number of nitrogen functional groups attached to an aromatic ring is 1. The van der Waals surface area contributed by atoms with Gasteiger partial charge in [-0.15, -0.1) is 0 Å². The molecule has 0 aromatic heterocycles. The lowest BCUT2D eigenvalue weighted by Crippen LogP contribution is -2.32. The number of carbonyl (C=O) groups is 1. The van der Waals surface area contributed by atoms with Gasteiger partial charge < -0.3 is 15.8 Å². The maximum Gasteiger partial charge on any atom is 0.340 e. The summed E-state index contributed by atoms with van der Waals surface area (Å²) in [7, 11) is 1.35. The summed E-state index contributed by atoms with van der Waals surface area (Å²) in [6.07, 6.45) is 4.52. The second-order valence-corrected chi connectivity index (χ2v) is 6.93. The van der Waals surface area contributed by atoms with Crippen molar-refractivity contribution in [3.63, 3.8) is 0 Å². The second-order valence-electron chi connectivity index (χ2n) is 6.52. The van der Waals surface area contributed by atoms with Gasteiger partial charge in [-0.3, -0.25) is 0 Å². The molecule has 1 aliphatic carbocycles. The highest BCUT2D eigenvalue weighted by Gasteiger charge is 2.29. The van der Waals surface area contributed by atoms with Gasteiger partial charge >= 0.3 is 5.97 Å². The van der Waals surface area contributed by atoms with Gasteiger partial charge in [0.05, 0.1) is 23.4 Å². The molecule has 0 heterocycles. The molecule has 4 nitrogen and oxygen atoms in total. The molecule has 21 heavy (non-hydrogen) atoms. The molecule has 1 saturated carbocycles. The van der Waals surface area contributed by atoms with Crippen LogP contribution in [0.4, 0.5) is 11.4 Å². The number of halogens is 1. The molecule has 0 radical (unpaired) electrons. The van der Waals surface area contributed by atoms with Gasteiger partial charge in [-0.05, 0) is 36.8 Å². The number of hydrogen-bond donors (Lipinski definition) is 2. The van der Waals surface area contributed by atoms with Crippen molar-refractivity contribution in [3.05, 3.63) is 22.7 Å². The average Bonchev–Trinajstić information content (AvgIpc) is 2.39. The number of nitrogens with two attached hydrogens (primary N) is 1. The molecule has 1 aromatic carbocycles. The predicted octanol–water partition coefficient (Wildman–Crippen LogP) is 4.09. The van der Waals surface area contributed by atoms with E-state index < -0.39 is 5.97 Å². The minimum absolute atomic E-state index is 0.304. The highest BCUT2D eigenvalue weighted by molar-refractivity contribution is 6.34. The summed E-state index contributed by atoms with van der Waals surface area (Å²) in [6, 6.07) is 3.57. The number of rotatable bonds is 3. The van der Waals surface area contributed by atoms with Gasteiger partial charge in [-0.1, -0.05) is 31.9 Å². The van der Waals surface area contributed by atoms with Crippen LogP contribution in [0.15, 0.2) is 12.1 Å². The van der Waals surface area contributed by atoms with Crippen molar-refractivity contribution in [2.24, 2.45) is 5.41 Å². The summed E-state index contributed by atoms with van der Waals surface area (Å²) in [5.74, 6) is -0.429. The smallest absolute Gasteiger partial charge is 0.340 e. The molecule has 0 spiro atoms. The lowest BCUT2D eigenvalue weighted by molar-refractivity contribution is 0.0602. The van der Waals surface area contributed by atoms with Crippen molar-refractivity contribution >= 4 is 28.9 Å². The Balaban J connectivity index is 2.28. The largest absolute Gasteiger partial charge is 0.465 e. The summed E-state index contributed by atoms with van der Waals surface area (Å²) < 4.78 is 4.82. The molecule has 1 unspecified atom stereocenters. The zero-order valence-corrected chi connectivity index (χ0v) is 13.6. The molecular formula is C16H23ClN2O2. The third kappa shape index (κ3) is 3.82. The number of ether oxygens (including phenoxy) is 1. The Morgan fingerprint density at radius 2 is 2.19 bits per heavy atom. The lowest BCUT2D eigenvalue weighted by Gasteiger charge is -2.36. The first-order chi connectivity index (χ1) is 9.82. The maximum absolute atomic E-state index is 11.9. The molecule has 1 aliphatic rings. The van der Waals surface area contributed by atoms with Gasteiger partial charge in [-0.2, -0.15) is 0 Å². The van der Waals surface area contributed by atoms with Gasteiger partial charge in [0.1, 0.15) is 0 Å². The number of methoxy groups -OCH3 is 1. The third-order valence-electron chi connectivity index (χ3n) is 4.07. The first kappa shape index (κ1) is 16.0. The fourth-order valence-corrected chi connectivity index (χ4v) is 3.35. The Bertz CT molecular complexity index is 543. The van der Waals surface area contributed by atoms with E-state index in [9.17, 15) is 4.79 Å². The van der Waals surface area contributed by atoms with E-state index in [4.69, 9.17) is 22.1 Å². The monoisotopic (exact) mass is 310 g/mol. The van der Waals surface area contributed by atoms with E-state index in [1.807, 2.05) is 0 Å². The van der Waals surface area contributed by atoms with Crippen molar-refractivity contribution < 1.29 is 9.53 Å². The van der Waals surface area contributed by atoms with E-state index >= 15 is 0 Å². The molecule has 0 bridgehead atoms. The molecule has 0 amide bonds. The molecular weight excluding hydrogens is 288 g/mol. The second kappa shape index (κ2) is 6.14. The first-order valence-corrected chi connectivity index (χ1v) is 7.64. The van der Waals surface area contributed by atoms with Crippen LogP contribution in [0.5, 0.6) is 0 Å². The van der Waals surface area contributed by atoms with Gasteiger partial charge in [-0.25, -0.2) is 4.79 Å². The SMILES string of the molecule is COC(=O)c1cc(N)cc(Cl)c1NC1CCCC(C)(C)C1. The average molecular weight is 311 g/mol. The quantitative estimate of drug-likeness (QED) is 0.652. The van der Waals surface area contributed by atoms with Crippen LogP contribution >= 0.6 is 11.6 Å². The van der Waals surface area contributed by atoms with Gasteiger partial charge in [0.2, 0.25) is 0 Å². The normalized spacial score (nSPS) is 20.9. The summed E-state index contributed by atoms with van der Waals surface area (Å²) in [5, 5.41) is 3.88. The molecule has 1 aromatic rings. The van der Waals surface area contributed by atoms with E-state index in [0.717, 1.165) is 12.8 Å². The van der Waals surface area contributed by atoms with Crippen LogP contribution in [0.25, 0.3) is 0 Å². The molecule has 0 aliphatic heterocycles. The number of carbonyl (C=O) groups excluding carboxylic acids is 1. The number of esters is 1. The van der Waals surface area contributed by atoms with Crippen molar-refractivity contribution in [2.75, 3.05) is 18.2 Å². The Morgan fingerprint density at radius 3 is 2.81 bits per heavy atom. The van der Waals surface area contributed by atoms with E-state index in [2.05, 4.69) is 19.2 Å². The molecule has 2 rings (SSSR count). The van der Waals surface area contributed by atoms with Gasteiger partial charge in [0.15, 0.2) is 0 Å². The summed E-state index contributed by atoms with van der Waals surface area (Å²) in [6.45, 7) is 4.54. The van der Waals surface area contributed by atoms with Crippen LogP contribution in [-0.2, 0) is 4.74 Å². The van der Waals surface area contributed by atoms with Crippen molar-refractivity contribution in [3.8, 4) is 0 Å². The zero-order chi connectivity index (χ0) is 15.6. The van der Waals surface area contributed by atoms with Crippen LogP contribution in [0, 0.1) is 5.41 Å². The van der Waals surface area contributed by atoms with Crippen LogP contribution in [0.1, 0.15) is 49.9 Å². The minimum Gasteiger partial charge on any atom is -0.465 e. The van der Waals surface area contributed by atoms with Crippen LogP contribution < -0.4 is 11.1 Å². The van der Waals surface area contributed by atoms with Crippen LogP contribution in [0.2, 0.25) is 5.02 Å². The summed E-state index contributed by atoms with van der Waals surface area (Å²) in [4.78, 5) is 11.9. The molecule has 1 atom stereocenters. The fraction of sp³-hybridized carbons (Fsp3) is 0.562. The molecule has 116 valence electrons. The predicted molar refractivity (Wildman–Crippen MR) is 86.9 cm³/mol. The van der Waals surface area contributed by atoms with Crippen LogP contribution in [-0.4, -0.2) is 19.1 Å².